The second-order valence-corrected chi connectivity index (χ2v) is 5.03. The van der Waals surface area contributed by atoms with E-state index in [1.807, 2.05) is 0 Å². The number of nitrogens with one attached hydrogen (secondary N) is 3. The van der Waals surface area contributed by atoms with E-state index in [4.69, 9.17) is 23.2 Å². The smallest absolute Gasteiger partial charge is 0.337 e. The van der Waals surface area contributed by atoms with Gasteiger partial charge < -0.3 is 10.4 Å². The van der Waals surface area contributed by atoms with Crippen molar-refractivity contribution >= 4 is 40.8 Å². The summed E-state index contributed by atoms with van der Waals surface area (Å²) < 4.78 is 0. The van der Waals surface area contributed by atoms with Crippen molar-refractivity contribution in [3.63, 3.8) is 0 Å². The molecule has 0 atom stereocenters. The Labute approximate surface area is 136 Å². The predicted molar refractivity (Wildman–Crippen MR) is 84.2 cm³/mol. The second kappa shape index (κ2) is 7.02. The van der Waals surface area contributed by atoms with Crippen LogP contribution in [0.25, 0.3) is 0 Å². The van der Waals surface area contributed by atoms with Gasteiger partial charge in [0.2, 0.25) is 0 Å². The Balaban J connectivity index is 1.90. The molecule has 0 radical (unpaired) electrons. The Hall–Kier alpha value is -2.44. The minimum atomic E-state index is -0.660. The van der Waals surface area contributed by atoms with Crippen LogP contribution in [-0.2, 0) is 0 Å². The summed E-state index contributed by atoms with van der Waals surface area (Å²) in [5.41, 5.74) is 5.00. The van der Waals surface area contributed by atoms with Gasteiger partial charge in [-0.15, -0.1) is 0 Å². The maximum absolute atomic E-state index is 11.7. The van der Waals surface area contributed by atoms with Crippen LogP contribution in [0.3, 0.4) is 0 Å². The van der Waals surface area contributed by atoms with Gasteiger partial charge in [-0.2, -0.15) is 0 Å². The Bertz CT molecular complexity index is 722. The van der Waals surface area contributed by atoms with Crippen LogP contribution in [0.4, 0.5) is 10.5 Å². The van der Waals surface area contributed by atoms with E-state index in [2.05, 4.69) is 16.2 Å². The highest BCUT2D eigenvalue weighted by Crippen LogP contribution is 2.24. The quantitative estimate of drug-likeness (QED) is 0.633. The lowest BCUT2D eigenvalue weighted by molar-refractivity contribution is 0.0937. The van der Waals surface area contributed by atoms with Crippen LogP contribution in [0.5, 0.6) is 5.75 Å². The Morgan fingerprint density at radius 1 is 0.955 bits per heavy atom. The molecule has 4 N–H and O–H groups in total. The van der Waals surface area contributed by atoms with Crippen molar-refractivity contribution < 1.29 is 14.7 Å². The van der Waals surface area contributed by atoms with Crippen LogP contribution in [0, 0.1) is 0 Å². The van der Waals surface area contributed by atoms with Gasteiger partial charge in [-0.25, -0.2) is 10.2 Å². The summed E-state index contributed by atoms with van der Waals surface area (Å²) in [5, 5.41) is 12.4. The summed E-state index contributed by atoms with van der Waals surface area (Å²) in [7, 11) is 0. The molecular formula is C14H11Cl2N3O3. The molecule has 2 rings (SSSR count). The average Bonchev–Trinajstić information content (AvgIpc) is 2.48. The fraction of sp³-hybridized carbons (Fsp3) is 0. The molecule has 114 valence electrons. The predicted octanol–water partition coefficient (Wildman–Crippen LogP) is 3.17. The van der Waals surface area contributed by atoms with Gasteiger partial charge in [-0.3, -0.25) is 10.2 Å². The zero-order valence-corrected chi connectivity index (χ0v) is 12.6. The molecule has 0 aliphatic rings. The molecule has 6 nitrogen and oxygen atoms in total. The lowest BCUT2D eigenvalue weighted by Gasteiger charge is -2.09. The molecule has 0 aromatic heterocycles. The maximum atomic E-state index is 11.7. The van der Waals surface area contributed by atoms with Crippen LogP contribution in [0.2, 0.25) is 10.0 Å². The number of carbonyl (C=O) groups is 2. The number of hydrogen-bond acceptors (Lipinski definition) is 3. The van der Waals surface area contributed by atoms with Gasteiger partial charge in [-0.05, 0) is 36.4 Å². The number of benzene rings is 2. The fourth-order valence-corrected chi connectivity index (χ4v) is 1.87. The van der Waals surface area contributed by atoms with Gasteiger partial charge >= 0.3 is 6.03 Å². The minimum absolute atomic E-state index is 0.0482. The molecule has 8 heteroatoms. The topological polar surface area (TPSA) is 90.5 Å². The molecule has 0 aliphatic heterocycles. The van der Waals surface area contributed by atoms with Gasteiger partial charge in [0, 0.05) is 11.3 Å². The molecule has 2 aromatic carbocycles. The number of hydrazine groups is 1. The number of anilines is 1. The molecule has 0 heterocycles. The molecular weight excluding hydrogens is 329 g/mol. The SMILES string of the molecule is O=C(NNC(=O)c1cccc(O)c1)Nc1ccc(Cl)c(Cl)c1. The second-order valence-electron chi connectivity index (χ2n) is 4.21. The zero-order chi connectivity index (χ0) is 16.1. The highest BCUT2D eigenvalue weighted by atomic mass is 35.5. The first-order valence-electron chi connectivity index (χ1n) is 6.07. The molecule has 0 bridgehead atoms. The zero-order valence-electron chi connectivity index (χ0n) is 11.1. The summed E-state index contributed by atoms with van der Waals surface area (Å²) in [4.78, 5) is 23.4. The molecule has 22 heavy (non-hydrogen) atoms. The van der Waals surface area contributed by atoms with Crippen molar-refractivity contribution in [2.24, 2.45) is 0 Å². The van der Waals surface area contributed by atoms with Crippen molar-refractivity contribution in [2.75, 3.05) is 5.32 Å². The largest absolute Gasteiger partial charge is 0.508 e. The minimum Gasteiger partial charge on any atom is -0.508 e. The number of rotatable bonds is 2. The van der Waals surface area contributed by atoms with E-state index in [9.17, 15) is 14.7 Å². The fourth-order valence-electron chi connectivity index (χ4n) is 1.57. The van der Waals surface area contributed by atoms with E-state index in [0.29, 0.717) is 15.7 Å². The highest BCUT2D eigenvalue weighted by Gasteiger charge is 2.08. The molecule has 0 saturated carbocycles. The highest BCUT2D eigenvalue weighted by molar-refractivity contribution is 6.42. The van der Waals surface area contributed by atoms with E-state index in [1.165, 1.54) is 36.4 Å². The van der Waals surface area contributed by atoms with Crippen LogP contribution in [0.1, 0.15) is 10.4 Å². The van der Waals surface area contributed by atoms with Crippen molar-refractivity contribution in [3.05, 3.63) is 58.1 Å². The van der Waals surface area contributed by atoms with Crippen molar-refractivity contribution in [2.45, 2.75) is 0 Å². The van der Waals surface area contributed by atoms with Crippen molar-refractivity contribution in [1.29, 1.82) is 0 Å². The first kappa shape index (κ1) is 15.9. The maximum Gasteiger partial charge on any atom is 0.337 e. The number of carbonyl (C=O) groups excluding carboxylic acids is 2. The van der Waals surface area contributed by atoms with E-state index in [0.717, 1.165) is 0 Å². The van der Waals surface area contributed by atoms with E-state index < -0.39 is 11.9 Å². The first-order valence-corrected chi connectivity index (χ1v) is 6.83. The Morgan fingerprint density at radius 3 is 2.41 bits per heavy atom. The lowest BCUT2D eigenvalue weighted by atomic mass is 10.2. The Morgan fingerprint density at radius 2 is 1.73 bits per heavy atom. The summed E-state index contributed by atoms with van der Waals surface area (Å²) in [5.74, 6) is -0.618. The molecule has 0 spiro atoms. The third-order valence-electron chi connectivity index (χ3n) is 2.58. The average molecular weight is 340 g/mol. The number of amides is 3. The first-order chi connectivity index (χ1) is 10.5. The van der Waals surface area contributed by atoms with Gasteiger partial charge in [0.25, 0.3) is 5.91 Å². The molecule has 0 saturated heterocycles. The Kier molecular flexibility index (Phi) is 5.08. The van der Waals surface area contributed by atoms with Gasteiger partial charge in [0.1, 0.15) is 5.75 Å². The normalized spacial score (nSPS) is 9.91. The number of hydrogen-bond donors (Lipinski definition) is 4. The molecule has 0 unspecified atom stereocenters. The molecule has 2 aromatic rings. The van der Waals surface area contributed by atoms with E-state index in [-0.39, 0.29) is 11.3 Å². The number of aromatic hydroxyl groups is 1. The van der Waals surface area contributed by atoms with Crippen LogP contribution < -0.4 is 16.2 Å². The number of halogens is 2. The van der Waals surface area contributed by atoms with Crippen LogP contribution >= 0.6 is 23.2 Å². The van der Waals surface area contributed by atoms with Crippen molar-refractivity contribution in [3.8, 4) is 5.75 Å². The summed E-state index contributed by atoms with van der Waals surface area (Å²) >= 11 is 11.6. The number of phenolic OH excluding ortho intramolecular Hbond substituents is 1. The number of phenols is 1. The lowest BCUT2D eigenvalue weighted by Crippen LogP contribution is -2.43. The summed E-state index contributed by atoms with van der Waals surface area (Å²) in [6.45, 7) is 0. The molecule has 3 amide bonds. The van der Waals surface area contributed by atoms with E-state index in [1.54, 1.807) is 6.07 Å². The molecule has 0 fully saturated rings. The van der Waals surface area contributed by atoms with Crippen molar-refractivity contribution in [1.82, 2.24) is 10.9 Å². The van der Waals surface area contributed by atoms with Gasteiger partial charge in [0.05, 0.1) is 10.0 Å². The molecule has 0 aliphatic carbocycles. The van der Waals surface area contributed by atoms with Crippen LogP contribution in [0.15, 0.2) is 42.5 Å². The van der Waals surface area contributed by atoms with Gasteiger partial charge in [-0.1, -0.05) is 29.3 Å². The van der Waals surface area contributed by atoms with E-state index >= 15 is 0 Å². The summed E-state index contributed by atoms with van der Waals surface area (Å²) in [6, 6.07) is 9.62. The standard InChI is InChI=1S/C14H11Cl2N3O3/c15-11-5-4-9(7-12(11)16)17-14(22)19-18-13(21)8-2-1-3-10(20)6-8/h1-7,20H,(H,18,21)(H2,17,19,22). The van der Waals surface area contributed by atoms with Gasteiger partial charge in [0.15, 0.2) is 0 Å². The summed E-state index contributed by atoms with van der Waals surface area (Å²) in [6.07, 6.45) is 0. The number of urea groups is 1. The van der Waals surface area contributed by atoms with Crippen LogP contribution in [-0.4, -0.2) is 17.0 Å². The monoisotopic (exact) mass is 339 g/mol. The third kappa shape index (κ3) is 4.28. The third-order valence-corrected chi connectivity index (χ3v) is 3.31.